The third-order valence-corrected chi connectivity index (χ3v) is 4.92. The Kier molecular flexibility index (Phi) is 5.31. The smallest absolute Gasteiger partial charge is 0.129 e. The van der Waals surface area contributed by atoms with Crippen molar-refractivity contribution in [2.45, 2.75) is 20.0 Å². The first-order valence-corrected chi connectivity index (χ1v) is 9.66. The van der Waals surface area contributed by atoms with Gasteiger partial charge in [-0.25, -0.2) is 4.98 Å². The van der Waals surface area contributed by atoms with E-state index in [-0.39, 0.29) is 0 Å². The van der Waals surface area contributed by atoms with Crippen molar-refractivity contribution in [3.8, 4) is 0 Å². The number of H-pyrrole nitrogens is 2. The standard InChI is InChI=1S/C24H25N5/c1-3-8-19(23-24(25)28-16(2)27-23)22-13-20-18(11-7-12-21(20)29-22)15-26-14-17-9-5-4-6-10-17/h3-13,26,29H,1,14-15,25H2,2H3,(H,27,28)/b19-8-. The molecule has 0 fully saturated rings. The minimum absolute atomic E-state index is 0.555. The molecular weight excluding hydrogens is 358 g/mol. The molecular formula is C24H25N5. The second kappa shape index (κ2) is 8.20. The van der Waals surface area contributed by atoms with E-state index in [1.807, 2.05) is 19.1 Å². The van der Waals surface area contributed by atoms with Crippen LogP contribution in [0.25, 0.3) is 16.5 Å². The van der Waals surface area contributed by atoms with Crippen molar-refractivity contribution < 1.29 is 0 Å². The molecule has 4 aromatic rings. The van der Waals surface area contributed by atoms with E-state index in [0.29, 0.717) is 5.82 Å². The van der Waals surface area contributed by atoms with Crippen molar-refractivity contribution in [3.63, 3.8) is 0 Å². The number of imidazole rings is 1. The van der Waals surface area contributed by atoms with Crippen LogP contribution in [-0.2, 0) is 13.1 Å². The predicted molar refractivity (Wildman–Crippen MR) is 120 cm³/mol. The highest BCUT2D eigenvalue weighted by Gasteiger charge is 2.15. The molecule has 5 nitrogen and oxygen atoms in total. The fourth-order valence-corrected chi connectivity index (χ4v) is 3.58. The van der Waals surface area contributed by atoms with E-state index in [4.69, 9.17) is 5.73 Å². The van der Waals surface area contributed by atoms with Crippen LogP contribution in [0.3, 0.4) is 0 Å². The fourth-order valence-electron chi connectivity index (χ4n) is 3.58. The maximum Gasteiger partial charge on any atom is 0.129 e. The lowest BCUT2D eigenvalue weighted by Gasteiger charge is -2.06. The summed E-state index contributed by atoms with van der Waals surface area (Å²) in [5, 5.41) is 4.72. The summed E-state index contributed by atoms with van der Waals surface area (Å²) < 4.78 is 0. The zero-order chi connectivity index (χ0) is 20.2. The van der Waals surface area contributed by atoms with Gasteiger partial charge in [0.15, 0.2) is 0 Å². The number of aryl methyl sites for hydroxylation is 1. The molecule has 146 valence electrons. The summed E-state index contributed by atoms with van der Waals surface area (Å²) in [5.41, 5.74) is 12.4. The highest BCUT2D eigenvalue weighted by Crippen LogP contribution is 2.30. The number of anilines is 1. The molecule has 29 heavy (non-hydrogen) atoms. The van der Waals surface area contributed by atoms with E-state index < -0.39 is 0 Å². The van der Waals surface area contributed by atoms with Crippen LogP contribution in [0.5, 0.6) is 0 Å². The van der Waals surface area contributed by atoms with Crippen molar-refractivity contribution in [3.05, 3.63) is 102 Å². The van der Waals surface area contributed by atoms with Crippen LogP contribution in [0.15, 0.2) is 73.3 Å². The Hall–Kier alpha value is -3.57. The van der Waals surface area contributed by atoms with Crippen LogP contribution in [-0.4, -0.2) is 15.0 Å². The molecule has 0 aliphatic carbocycles. The molecule has 0 bridgehead atoms. The number of aromatic nitrogens is 3. The number of hydrogen-bond donors (Lipinski definition) is 4. The van der Waals surface area contributed by atoms with Crippen molar-refractivity contribution in [1.29, 1.82) is 0 Å². The van der Waals surface area contributed by atoms with E-state index >= 15 is 0 Å². The van der Waals surface area contributed by atoms with E-state index in [2.05, 4.69) is 75.4 Å². The molecule has 0 aliphatic rings. The molecule has 5 N–H and O–H groups in total. The Morgan fingerprint density at radius 1 is 1.10 bits per heavy atom. The molecule has 2 aromatic heterocycles. The lowest BCUT2D eigenvalue weighted by molar-refractivity contribution is 0.696. The highest BCUT2D eigenvalue weighted by molar-refractivity contribution is 5.91. The summed E-state index contributed by atoms with van der Waals surface area (Å²) in [7, 11) is 0. The highest BCUT2D eigenvalue weighted by atomic mass is 15.0. The molecule has 0 radical (unpaired) electrons. The zero-order valence-corrected chi connectivity index (χ0v) is 16.5. The second-order valence-corrected chi connectivity index (χ2v) is 7.05. The number of benzene rings is 2. The Bertz CT molecular complexity index is 1160. The zero-order valence-electron chi connectivity index (χ0n) is 16.5. The van der Waals surface area contributed by atoms with Gasteiger partial charge in [0.2, 0.25) is 0 Å². The van der Waals surface area contributed by atoms with Crippen LogP contribution < -0.4 is 11.1 Å². The van der Waals surface area contributed by atoms with Gasteiger partial charge in [0, 0.05) is 35.3 Å². The Morgan fingerprint density at radius 3 is 2.66 bits per heavy atom. The van der Waals surface area contributed by atoms with Gasteiger partial charge in [-0.1, -0.05) is 61.2 Å². The predicted octanol–water partition coefficient (Wildman–Crippen LogP) is 4.69. The van der Waals surface area contributed by atoms with Crippen molar-refractivity contribution in [2.24, 2.45) is 0 Å². The topological polar surface area (TPSA) is 82.5 Å². The lowest BCUT2D eigenvalue weighted by Crippen LogP contribution is -2.12. The molecule has 0 unspecified atom stereocenters. The Balaban J connectivity index is 1.63. The molecule has 0 aliphatic heterocycles. The summed E-state index contributed by atoms with van der Waals surface area (Å²) in [6, 6.07) is 18.9. The van der Waals surface area contributed by atoms with Gasteiger partial charge in [0.1, 0.15) is 17.3 Å². The Labute approximate surface area is 170 Å². The number of rotatable bonds is 7. The monoisotopic (exact) mass is 383 g/mol. The number of aromatic amines is 2. The minimum Gasteiger partial charge on any atom is -0.383 e. The van der Waals surface area contributed by atoms with Gasteiger partial charge in [-0.15, -0.1) is 0 Å². The first-order valence-electron chi connectivity index (χ1n) is 9.66. The van der Waals surface area contributed by atoms with Crippen LogP contribution >= 0.6 is 0 Å². The molecule has 2 heterocycles. The summed E-state index contributed by atoms with van der Waals surface area (Å²) in [6.45, 7) is 7.36. The van der Waals surface area contributed by atoms with Crippen LogP contribution in [0.2, 0.25) is 0 Å². The van der Waals surface area contributed by atoms with Gasteiger partial charge in [-0.3, -0.25) is 0 Å². The van der Waals surface area contributed by atoms with Crippen molar-refractivity contribution >= 4 is 22.3 Å². The van der Waals surface area contributed by atoms with E-state index in [1.165, 1.54) is 16.5 Å². The second-order valence-electron chi connectivity index (χ2n) is 7.05. The van der Waals surface area contributed by atoms with Gasteiger partial charge >= 0.3 is 0 Å². The third kappa shape index (κ3) is 4.00. The molecule has 2 aromatic carbocycles. The van der Waals surface area contributed by atoms with Crippen molar-refractivity contribution in [1.82, 2.24) is 20.3 Å². The summed E-state index contributed by atoms with van der Waals surface area (Å²) >= 11 is 0. The first kappa shape index (κ1) is 18.8. The number of nitrogens with two attached hydrogens (primary N) is 1. The Morgan fingerprint density at radius 2 is 1.93 bits per heavy atom. The molecule has 4 rings (SSSR count). The number of fused-ring (bicyclic) bond motifs is 1. The number of nitrogens with zero attached hydrogens (tertiary/aromatic N) is 1. The molecule has 0 spiro atoms. The number of hydrogen-bond acceptors (Lipinski definition) is 3. The van der Waals surface area contributed by atoms with E-state index in [0.717, 1.165) is 41.4 Å². The van der Waals surface area contributed by atoms with Crippen LogP contribution in [0.1, 0.15) is 28.3 Å². The molecule has 0 amide bonds. The summed E-state index contributed by atoms with van der Waals surface area (Å²) in [4.78, 5) is 11.1. The molecule has 5 heteroatoms. The largest absolute Gasteiger partial charge is 0.383 e. The molecule has 0 saturated carbocycles. The quantitative estimate of drug-likeness (QED) is 0.349. The average Bonchev–Trinajstić information content (AvgIpc) is 3.30. The van der Waals surface area contributed by atoms with Crippen LogP contribution in [0.4, 0.5) is 5.82 Å². The lowest BCUT2D eigenvalue weighted by atomic mass is 10.1. The number of allylic oxidation sites excluding steroid dienone is 2. The average molecular weight is 383 g/mol. The number of nitrogen functional groups attached to an aromatic ring is 1. The molecule has 0 atom stereocenters. The maximum atomic E-state index is 6.14. The summed E-state index contributed by atoms with van der Waals surface area (Å²) in [5.74, 6) is 1.34. The van der Waals surface area contributed by atoms with Gasteiger partial charge < -0.3 is 21.0 Å². The van der Waals surface area contributed by atoms with E-state index in [9.17, 15) is 0 Å². The normalized spacial score (nSPS) is 11.8. The number of nitrogens with one attached hydrogen (secondary N) is 3. The first-order chi connectivity index (χ1) is 14.2. The van der Waals surface area contributed by atoms with Gasteiger partial charge in [0.05, 0.1) is 0 Å². The third-order valence-electron chi connectivity index (χ3n) is 4.92. The van der Waals surface area contributed by atoms with Crippen LogP contribution in [0, 0.1) is 6.92 Å². The van der Waals surface area contributed by atoms with Gasteiger partial charge in [0.25, 0.3) is 0 Å². The fraction of sp³-hybridized carbons (Fsp3) is 0.125. The summed E-state index contributed by atoms with van der Waals surface area (Å²) in [6.07, 6.45) is 3.69. The SMILES string of the molecule is C=C/C=C(/c1cc2c(CNCc3ccccc3)cccc2[nH]1)c1nc(C)[nH]c1N. The van der Waals surface area contributed by atoms with Crippen molar-refractivity contribution in [2.75, 3.05) is 5.73 Å². The molecule has 0 saturated heterocycles. The van der Waals surface area contributed by atoms with Gasteiger partial charge in [-0.2, -0.15) is 0 Å². The van der Waals surface area contributed by atoms with Gasteiger partial charge in [-0.05, 0) is 30.2 Å². The van der Waals surface area contributed by atoms with E-state index in [1.54, 1.807) is 6.08 Å². The maximum absolute atomic E-state index is 6.14. The minimum atomic E-state index is 0.555.